The molecule has 0 fully saturated rings. The smallest absolute Gasteiger partial charge is 0.174 e. The van der Waals surface area contributed by atoms with Gasteiger partial charge in [0.05, 0.1) is 17.3 Å². The molecule has 6 nitrogen and oxygen atoms in total. The molecule has 3 aromatic carbocycles. The summed E-state index contributed by atoms with van der Waals surface area (Å²) in [5.41, 5.74) is 6.18. The molecule has 0 unspecified atom stereocenters. The van der Waals surface area contributed by atoms with Crippen LogP contribution in [0.1, 0.15) is 22.5 Å². The molecule has 0 saturated carbocycles. The van der Waals surface area contributed by atoms with Crippen molar-refractivity contribution in [2.45, 2.75) is 20.3 Å². The van der Waals surface area contributed by atoms with E-state index < -0.39 is 0 Å². The minimum atomic E-state index is 0.681. The van der Waals surface area contributed by atoms with Gasteiger partial charge in [-0.15, -0.1) is 10.2 Å². The van der Waals surface area contributed by atoms with Crippen molar-refractivity contribution in [1.82, 2.24) is 29.4 Å². The summed E-state index contributed by atoms with van der Waals surface area (Å²) in [6.45, 7) is 4.18. The first-order valence-electron chi connectivity index (χ1n) is 10.3. The Morgan fingerprint density at radius 3 is 2.61 bits per heavy atom. The summed E-state index contributed by atoms with van der Waals surface area (Å²) in [6, 6.07) is 21.1. The average Bonchev–Trinajstić information content (AvgIpc) is 3.38. The van der Waals surface area contributed by atoms with Gasteiger partial charge in [0.15, 0.2) is 11.3 Å². The summed E-state index contributed by atoms with van der Waals surface area (Å²) in [7, 11) is 0. The van der Waals surface area contributed by atoms with Crippen LogP contribution in [0.25, 0.3) is 33.1 Å². The molecule has 6 aromatic rings. The number of aryl methyl sites for hydroxylation is 2. The molecule has 0 aliphatic heterocycles. The van der Waals surface area contributed by atoms with E-state index in [1.165, 1.54) is 21.9 Å². The fraction of sp³-hybridized carbons (Fsp3) is 0.120. The summed E-state index contributed by atoms with van der Waals surface area (Å²) >= 11 is 0. The lowest BCUT2D eigenvalue weighted by atomic mass is 10.0. The van der Waals surface area contributed by atoms with Crippen LogP contribution in [0, 0.1) is 13.8 Å². The number of hydrogen-bond donors (Lipinski definition) is 0. The maximum absolute atomic E-state index is 4.73. The van der Waals surface area contributed by atoms with Crippen molar-refractivity contribution >= 4 is 27.5 Å². The number of hydrogen-bond acceptors (Lipinski definition) is 4. The lowest BCUT2D eigenvalue weighted by Crippen LogP contribution is -2.02. The van der Waals surface area contributed by atoms with Crippen LogP contribution < -0.4 is 0 Å². The predicted molar refractivity (Wildman–Crippen MR) is 122 cm³/mol. The van der Waals surface area contributed by atoms with Crippen LogP contribution >= 0.6 is 0 Å². The Balaban J connectivity index is 1.47. The van der Waals surface area contributed by atoms with Crippen LogP contribution in [-0.4, -0.2) is 29.4 Å². The third kappa shape index (κ3) is 2.79. The van der Waals surface area contributed by atoms with E-state index in [1.807, 2.05) is 15.3 Å². The van der Waals surface area contributed by atoms with Gasteiger partial charge in [-0.25, -0.2) is 9.67 Å². The Morgan fingerprint density at radius 2 is 1.71 bits per heavy atom. The highest BCUT2D eigenvalue weighted by Crippen LogP contribution is 2.25. The molecule has 3 aromatic heterocycles. The van der Waals surface area contributed by atoms with Crippen LogP contribution in [0.5, 0.6) is 0 Å². The highest BCUT2D eigenvalue weighted by molar-refractivity contribution is 5.89. The van der Waals surface area contributed by atoms with Crippen LogP contribution in [0.4, 0.5) is 0 Å². The second-order valence-electron chi connectivity index (χ2n) is 7.95. The van der Waals surface area contributed by atoms with Gasteiger partial charge < -0.3 is 0 Å². The van der Waals surface area contributed by atoms with Crippen LogP contribution in [-0.2, 0) is 6.42 Å². The zero-order chi connectivity index (χ0) is 20.9. The molecule has 0 saturated heterocycles. The van der Waals surface area contributed by atoms with E-state index in [1.54, 1.807) is 6.33 Å². The maximum atomic E-state index is 4.73. The van der Waals surface area contributed by atoms with Crippen LogP contribution in [0.15, 0.2) is 73.2 Å². The third-order valence-electron chi connectivity index (χ3n) is 5.86. The molecule has 150 valence electrons. The Bertz CT molecular complexity index is 1590. The Labute approximate surface area is 178 Å². The largest absolute Gasteiger partial charge is 0.268 e. The first-order valence-corrected chi connectivity index (χ1v) is 10.3. The van der Waals surface area contributed by atoms with Gasteiger partial charge in [-0.2, -0.15) is 5.10 Å². The van der Waals surface area contributed by atoms with Gasteiger partial charge in [-0.1, -0.05) is 60.2 Å². The molecule has 6 heteroatoms. The van der Waals surface area contributed by atoms with Gasteiger partial charge in [0.25, 0.3) is 0 Å². The lowest BCUT2D eigenvalue weighted by molar-refractivity contribution is 0.879. The summed E-state index contributed by atoms with van der Waals surface area (Å²) in [4.78, 5) is 4.73. The Kier molecular flexibility index (Phi) is 3.86. The standard InChI is InChI=1S/C25H20N6/c1-16-10-11-22(17(2)12-16)31-24-21(14-27-31)25-29-28-23(30(25)15-26-24)13-19-8-5-7-18-6-3-4-9-20(18)19/h3-12,14-15H,13H2,1-2H3. The molecular formula is C25H20N6. The van der Waals surface area contributed by atoms with Crippen LogP contribution in [0.3, 0.4) is 0 Å². The first kappa shape index (κ1) is 17.8. The summed E-state index contributed by atoms with van der Waals surface area (Å²) in [6.07, 6.45) is 4.31. The normalized spacial score (nSPS) is 11.7. The molecule has 0 N–H and O–H groups in total. The molecule has 3 heterocycles. The Morgan fingerprint density at radius 1 is 0.839 bits per heavy atom. The molecule has 0 aliphatic carbocycles. The highest BCUT2D eigenvalue weighted by Gasteiger charge is 2.16. The highest BCUT2D eigenvalue weighted by atomic mass is 15.3. The third-order valence-corrected chi connectivity index (χ3v) is 5.86. The van der Waals surface area contributed by atoms with E-state index in [4.69, 9.17) is 4.98 Å². The number of benzene rings is 3. The van der Waals surface area contributed by atoms with Crippen molar-refractivity contribution in [3.8, 4) is 5.69 Å². The molecule has 31 heavy (non-hydrogen) atoms. The van der Waals surface area contributed by atoms with E-state index in [0.29, 0.717) is 6.42 Å². The van der Waals surface area contributed by atoms with E-state index in [2.05, 4.69) is 89.8 Å². The minimum Gasteiger partial charge on any atom is -0.268 e. The first-order chi connectivity index (χ1) is 15.2. The molecule has 6 rings (SSSR count). The summed E-state index contributed by atoms with van der Waals surface area (Å²) in [5, 5.41) is 16.9. The quantitative estimate of drug-likeness (QED) is 0.424. The van der Waals surface area contributed by atoms with Gasteiger partial charge in [0.1, 0.15) is 12.2 Å². The summed E-state index contributed by atoms with van der Waals surface area (Å²) < 4.78 is 3.85. The molecule has 0 radical (unpaired) electrons. The zero-order valence-corrected chi connectivity index (χ0v) is 17.3. The monoisotopic (exact) mass is 404 g/mol. The second-order valence-corrected chi connectivity index (χ2v) is 7.95. The van der Waals surface area contributed by atoms with Crippen molar-refractivity contribution in [3.05, 3.63) is 95.7 Å². The van der Waals surface area contributed by atoms with Crippen molar-refractivity contribution < 1.29 is 0 Å². The Hall–Kier alpha value is -4.06. The topological polar surface area (TPSA) is 60.9 Å². The number of nitrogens with zero attached hydrogens (tertiary/aromatic N) is 6. The minimum absolute atomic E-state index is 0.681. The fourth-order valence-electron chi connectivity index (χ4n) is 4.32. The number of rotatable bonds is 3. The van der Waals surface area contributed by atoms with Gasteiger partial charge in [-0.05, 0) is 41.8 Å². The predicted octanol–water partition coefficient (Wildman–Crippen LogP) is 4.82. The van der Waals surface area contributed by atoms with E-state index in [9.17, 15) is 0 Å². The average molecular weight is 404 g/mol. The second kappa shape index (κ2) is 6.74. The molecule has 0 amide bonds. The van der Waals surface area contributed by atoms with Crippen LogP contribution in [0.2, 0.25) is 0 Å². The van der Waals surface area contributed by atoms with Crippen molar-refractivity contribution in [2.75, 3.05) is 0 Å². The molecule has 0 aliphatic rings. The van der Waals surface area contributed by atoms with Gasteiger partial charge in [0, 0.05) is 6.42 Å². The molecule has 0 spiro atoms. The fourth-order valence-corrected chi connectivity index (χ4v) is 4.32. The van der Waals surface area contributed by atoms with Crippen molar-refractivity contribution in [2.24, 2.45) is 0 Å². The van der Waals surface area contributed by atoms with Crippen molar-refractivity contribution in [1.29, 1.82) is 0 Å². The zero-order valence-electron chi connectivity index (χ0n) is 17.3. The molecular weight excluding hydrogens is 384 g/mol. The lowest BCUT2D eigenvalue weighted by Gasteiger charge is -2.08. The number of fused-ring (bicyclic) bond motifs is 4. The van der Waals surface area contributed by atoms with Gasteiger partial charge in [-0.3, -0.25) is 4.40 Å². The maximum Gasteiger partial charge on any atom is 0.174 e. The van der Waals surface area contributed by atoms with E-state index >= 15 is 0 Å². The van der Waals surface area contributed by atoms with Crippen molar-refractivity contribution in [3.63, 3.8) is 0 Å². The van der Waals surface area contributed by atoms with E-state index in [-0.39, 0.29) is 0 Å². The number of aromatic nitrogens is 6. The SMILES string of the molecule is Cc1ccc(-n2ncc3c2ncn2c(Cc4cccc5ccccc45)nnc32)c(C)c1. The van der Waals surface area contributed by atoms with Gasteiger partial charge in [0.2, 0.25) is 0 Å². The van der Waals surface area contributed by atoms with Gasteiger partial charge >= 0.3 is 0 Å². The van der Waals surface area contributed by atoms with E-state index in [0.717, 1.165) is 33.8 Å². The summed E-state index contributed by atoms with van der Waals surface area (Å²) in [5.74, 6) is 0.861. The molecule has 0 bridgehead atoms. The molecule has 0 atom stereocenters.